The Labute approximate surface area is 178 Å². The molecule has 2 fully saturated rings. The Bertz CT molecular complexity index is 820. The molecule has 4 atom stereocenters. The summed E-state index contributed by atoms with van der Waals surface area (Å²) < 4.78 is 11.4. The van der Waals surface area contributed by atoms with Gasteiger partial charge in [0.05, 0.1) is 31.6 Å². The van der Waals surface area contributed by atoms with Crippen LogP contribution in [0.3, 0.4) is 0 Å². The number of methoxy groups -OCH3 is 1. The van der Waals surface area contributed by atoms with Crippen molar-refractivity contribution in [2.24, 2.45) is 11.8 Å². The van der Waals surface area contributed by atoms with Crippen molar-refractivity contribution in [1.29, 1.82) is 0 Å². The minimum Gasteiger partial charge on any atom is -0.497 e. The Morgan fingerprint density at radius 3 is 2.70 bits per heavy atom. The lowest BCUT2D eigenvalue weighted by atomic mass is 9.77. The van der Waals surface area contributed by atoms with E-state index in [0.717, 1.165) is 37.5 Å². The number of hydrogen-bond donors (Lipinski definition) is 1. The fraction of sp³-hybridized carbons (Fsp3) is 0.565. The number of benzene rings is 1. The average Bonchev–Trinajstić information content (AvgIpc) is 3.42. The molecule has 2 saturated heterocycles. The van der Waals surface area contributed by atoms with Gasteiger partial charge in [-0.15, -0.1) is 0 Å². The smallest absolute Gasteiger partial charge is 0.234 e. The molecule has 30 heavy (non-hydrogen) atoms. The van der Waals surface area contributed by atoms with Gasteiger partial charge >= 0.3 is 0 Å². The van der Waals surface area contributed by atoms with Gasteiger partial charge in [-0.25, -0.2) is 0 Å². The first-order valence-electron chi connectivity index (χ1n) is 10.9. The number of nitrogens with zero attached hydrogens (tertiary/aromatic N) is 2. The van der Waals surface area contributed by atoms with Gasteiger partial charge in [0.2, 0.25) is 11.8 Å². The van der Waals surface area contributed by atoms with E-state index < -0.39 is 17.4 Å². The molecule has 2 amide bonds. The maximum atomic E-state index is 13.3. The van der Waals surface area contributed by atoms with Crippen LogP contribution in [0.25, 0.3) is 0 Å². The zero-order valence-electron chi connectivity index (χ0n) is 18.0. The van der Waals surface area contributed by atoms with E-state index in [1.807, 2.05) is 36.4 Å². The van der Waals surface area contributed by atoms with E-state index in [2.05, 4.69) is 24.1 Å². The highest BCUT2D eigenvalue weighted by atomic mass is 16.5. The lowest BCUT2D eigenvalue weighted by molar-refractivity contribution is -0.131. The van der Waals surface area contributed by atoms with Gasteiger partial charge in [0, 0.05) is 12.2 Å². The second kappa shape index (κ2) is 8.40. The predicted molar refractivity (Wildman–Crippen MR) is 114 cm³/mol. The summed E-state index contributed by atoms with van der Waals surface area (Å²) in [6.07, 6.45) is 4.50. The maximum Gasteiger partial charge on any atom is 0.234 e. The lowest BCUT2D eigenvalue weighted by Crippen LogP contribution is -2.44. The van der Waals surface area contributed by atoms with Gasteiger partial charge in [0.25, 0.3) is 0 Å². The van der Waals surface area contributed by atoms with Gasteiger partial charge in [0.1, 0.15) is 11.4 Å². The molecule has 3 aliphatic heterocycles. The normalized spacial score (nSPS) is 29.0. The fourth-order valence-electron chi connectivity index (χ4n) is 4.95. The third-order valence-electron chi connectivity index (χ3n) is 6.63. The molecule has 3 heterocycles. The molecule has 0 unspecified atom stereocenters. The van der Waals surface area contributed by atoms with Crippen molar-refractivity contribution >= 4 is 17.5 Å². The number of carbonyl (C=O) groups is 2. The molecule has 1 aromatic carbocycles. The molecule has 162 valence electrons. The summed E-state index contributed by atoms with van der Waals surface area (Å²) in [5, 5.41) is 3.05. The van der Waals surface area contributed by atoms with Crippen LogP contribution < -0.4 is 15.0 Å². The molecular weight excluding hydrogens is 382 g/mol. The molecule has 0 aliphatic carbocycles. The molecule has 1 aromatic rings. The van der Waals surface area contributed by atoms with E-state index in [4.69, 9.17) is 9.47 Å². The monoisotopic (exact) mass is 413 g/mol. The number of amides is 2. The first-order valence-corrected chi connectivity index (χ1v) is 10.9. The summed E-state index contributed by atoms with van der Waals surface area (Å²) in [6, 6.07) is 7.41. The second-order valence-electron chi connectivity index (χ2n) is 8.19. The van der Waals surface area contributed by atoms with Crippen molar-refractivity contribution in [3.63, 3.8) is 0 Å². The van der Waals surface area contributed by atoms with Crippen LogP contribution in [0.1, 0.15) is 20.3 Å². The van der Waals surface area contributed by atoms with Crippen LogP contribution >= 0.6 is 0 Å². The molecule has 7 nitrogen and oxygen atoms in total. The zero-order valence-corrected chi connectivity index (χ0v) is 18.0. The number of nitrogens with one attached hydrogen (secondary N) is 1. The summed E-state index contributed by atoms with van der Waals surface area (Å²) in [6.45, 7) is 8.29. The summed E-state index contributed by atoms with van der Waals surface area (Å²) >= 11 is 0. The largest absolute Gasteiger partial charge is 0.497 e. The minimum atomic E-state index is -0.703. The van der Waals surface area contributed by atoms with E-state index in [0.29, 0.717) is 13.1 Å². The van der Waals surface area contributed by atoms with E-state index in [-0.39, 0.29) is 17.9 Å². The Morgan fingerprint density at radius 1 is 1.30 bits per heavy atom. The Hall–Kier alpha value is -2.38. The molecule has 1 N–H and O–H groups in total. The molecular formula is C23H31N3O4. The molecule has 0 aromatic heterocycles. The van der Waals surface area contributed by atoms with Crippen LogP contribution in [0, 0.1) is 11.8 Å². The van der Waals surface area contributed by atoms with Crippen LogP contribution in [-0.4, -0.2) is 68.3 Å². The Balaban J connectivity index is 1.43. The van der Waals surface area contributed by atoms with E-state index in [9.17, 15) is 9.59 Å². The minimum absolute atomic E-state index is 0.0460. The lowest BCUT2D eigenvalue weighted by Gasteiger charge is -2.24. The molecule has 2 bridgehead atoms. The van der Waals surface area contributed by atoms with E-state index >= 15 is 0 Å². The van der Waals surface area contributed by atoms with Crippen LogP contribution in [0.5, 0.6) is 5.75 Å². The summed E-state index contributed by atoms with van der Waals surface area (Å²) in [7, 11) is 1.61. The molecule has 4 rings (SSSR count). The summed E-state index contributed by atoms with van der Waals surface area (Å²) in [4.78, 5) is 30.4. The SMILES string of the molecule is CCN(CC)CCCNC(=O)[C@H]1[C@H]2C(=O)N(c3ccc(OC)cc3)C[C@]23C=C[C@H]1O3. The molecule has 1 spiro atoms. The van der Waals surface area contributed by atoms with Crippen molar-refractivity contribution in [3.05, 3.63) is 36.4 Å². The van der Waals surface area contributed by atoms with Crippen molar-refractivity contribution < 1.29 is 19.1 Å². The number of rotatable bonds is 9. The Kier molecular flexibility index (Phi) is 5.84. The third kappa shape index (κ3) is 3.50. The van der Waals surface area contributed by atoms with Gasteiger partial charge in [-0.2, -0.15) is 0 Å². The summed E-state index contributed by atoms with van der Waals surface area (Å²) in [5.74, 6) is -0.338. The second-order valence-corrected chi connectivity index (χ2v) is 8.19. The molecule has 7 heteroatoms. The van der Waals surface area contributed by atoms with Gasteiger partial charge < -0.3 is 24.6 Å². The molecule has 0 radical (unpaired) electrons. The standard InChI is InChI=1S/C23H31N3O4/c1-4-25(5-2)14-6-13-24-21(27)19-18-11-12-23(30-18)15-26(22(28)20(19)23)16-7-9-17(29-3)10-8-16/h7-12,18-20H,4-6,13-15H2,1-3H3,(H,24,27)/t18-,19-,20+,23-/m1/s1. The fourth-order valence-corrected chi connectivity index (χ4v) is 4.95. The predicted octanol–water partition coefficient (Wildman–Crippen LogP) is 1.83. The third-order valence-corrected chi connectivity index (χ3v) is 6.63. The number of hydrogen-bond acceptors (Lipinski definition) is 5. The van der Waals surface area contributed by atoms with Crippen molar-refractivity contribution in [2.45, 2.75) is 32.0 Å². The average molecular weight is 414 g/mol. The van der Waals surface area contributed by atoms with Gasteiger partial charge in [-0.1, -0.05) is 26.0 Å². The number of anilines is 1. The highest BCUT2D eigenvalue weighted by Crippen LogP contribution is 2.52. The van der Waals surface area contributed by atoms with Crippen molar-refractivity contribution in [1.82, 2.24) is 10.2 Å². The highest BCUT2D eigenvalue weighted by Gasteiger charge is 2.67. The van der Waals surface area contributed by atoms with Gasteiger partial charge in [0.15, 0.2) is 0 Å². The quantitative estimate of drug-likeness (QED) is 0.494. The molecule has 0 saturated carbocycles. The van der Waals surface area contributed by atoms with Crippen LogP contribution in [0.2, 0.25) is 0 Å². The number of fused-ring (bicyclic) bond motifs is 1. The number of ether oxygens (including phenoxy) is 2. The first kappa shape index (κ1) is 20.9. The first-order chi connectivity index (χ1) is 14.5. The molecule has 3 aliphatic rings. The van der Waals surface area contributed by atoms with Crippen LogP contribution in [0.15, 0.2) is 36.4 Å². The van der Waals surface area contributed by atoms with Crippen LogP contribution in [-0.2, 0) is 14.3 Å². The summed E-state index contributed by atoms with van der Waals surface area (Å²) in [5.41, 5.74) is 0.0914. The van der Waals surface area contributed by atoms with Gasteiger partial charge in [-0.05, 0) is 50.3 Å². The maximum absolute atomic E-state index is 13.3. The number of carbonyl (C=O) groups excluding carboxylic acids is 2. The zero-order chi connectivity index (χ0) is 21.3. The van der Waals surface area contributed by atoms with Crippen molar-refractivity contribution in [2.75, 3.05) is 44.7 Å². The van der Waals surface area contributed by atoms with E-state index in [1.165, 1.54) is 0 Å². The topological polar surface area (TPSA) is 71.1 Å². The highest BCUT2D eigenvalue weighted by molar-refractivity contribution is 6.03. The van der Waals surface area contributed by atoms with Gasteiger partial charge in [-0.3, -0.25) is 9.59 Å². The van der Waals surface area contributed by atoms with Crippen molar-refractivity contribution in [3.8, 4) is 5.75 Å². The van der Waals surface area contributed by atoms with Crippen LogP contribution in [0.4, 0.5) is 5.69 Å². The van der Waals surface area contributed by atoms with E-state index in [1.54, 1.807) is 12.0 Å². The Morgan fingerprint density at radius 2 is 2.03 bits per heavy atom.